The van der Waals surface area contributed by atoms with E-state index in [1.807, 2.05) is 0 Å². The molecule has 0 saturated carbocycles. The summed E-state index contributed by atoms with van der Waals surface area (Å²) in [7, 11) is 0. The Morgan fingerprint density at radius 2 is 1.75 bits per heavy atom. The molecule has 0 radical (unpaired) electrons. The molecule has 28 heavy (non-hydrogen) atoms. The summed E-state index contributed by atoms with van der Waals surface area (Å²) in [4.78, 5) is 23.0. The van der Waals surface area contributed by atoms with Crippen molar-refractivity contribution in [2.24, 2.45) is 0 Å². The maximum Gasteiger partial charge on any atom is 0.336 e. The molecule has 1 heterocycles. The van der Waals surface area contributed by atoms with E-state index in [9.17, 15) is 19.8 Å². The van der Waals surface area contributed by atoms with E-state index in [2.05, 4.69) is 0 Å². The first-order chi connectivity index (χ1) is 13.3. The zero-order valence-electron chi connectivity index (χ0n) is 14.4. The molecule has 2 aliphatic rings. The molecule has 0 bridgehead atoms. The van der Waals surface area contributed by atoms with Crippen LogP contribution in [-0.4, -0.2) is 17.0 Å². The fourth-order valence-corrected chi connectivity index (χ4v) is 3.26. The van der Waals surface area contributed by atoms with Crippen molar-refractivity contribution in [1.29, 1.82) is 5.41 Å². The van der Waals surface area contributed by atoms with Gasteiger partial charge in [0.25, 0.3) is 0 Å². The number of fused-ring (bicyclic) bond motifs is 2. The van der Waals surface area contributed by atoms with E-state index in [1.165, 1.54) is 18.2 Å². The predicted octanol–water partition coefficient (Wildman–Crippen LogP) is 2.33. The Balaban J connectivity index is 2.17. The molecule has 2 aromatic rings. The third-order valence-electron chi connectivity index (χ3n) is 4.50. The van der Waals surface area contributed by atoms with Gasteiger partial charge in [0.2, 0.25) is 0 Å². The largest absolute Gasteiger partial charge is 0.545 e. The summed E-state index contributed by atoms with van der Waals surface area (Å²) < 4.78 is 5.88. The number of hydrogen-bond acceptors (Lipinski definition) is 6. The molecule has 0 saturated heterocycles. The second kappa shape index (κ2) is 6.24. The number of carboxylic acid groups (broad SMARTS) is 2. The van der Waals surface area contributed by atoms with Gasteiger partial charge in [-0.3, -0.25) is 0 Å². The lowest BCUT2D eigenvalue weighted by atomic mass is 9.90. The molecule has 0 unspecified atom stereocenters. The number of aromatic carboxylic acids is 2. The maximum atomic E-state index is 11.9. The molecule has 4 rings (SSSR count). The first-order valence-corrected chi connectivity index (χ1v) is 8.25. The van der Waals surface area contributed by atoms with Crippen LogP contribution < -0.4 is 16.2 Å². The van der Waals surface area contributed by atoms with Crippen LogP contribution in [0, 0.1) is 5.41 Å². The molecule has 7 nitrogen and oxygen atoms in total. The SMILES string of the molecule is N=c1ccc2c(-c3ccc(C(=O)[O-])cc3C(=O)O)c3ccc(N)cc3oc-2c1. The second-order valence-electron chi connectivity index (χ2n) is 6.30. The Morgan fingerprint density at radius 1 is 1.00 bits per heavy atom. The minimum Gasteiger partial charge on any atom is -0.545 e. The first kappa shape index (κ1) is 17.3. The van der Waals surface area contributed by atoms with Gasteiger partial charge in [0.15, 0.2) is 0 Å². The number of nitrogens with one attached hydrogen (secondary N) is 1. The third-order valence-corrected chi connectivity index (χ3v) is 4.50. The molecule has 2 aromatic carbocycles. The molecule has 0 atom stereocenters. The van der Waals surface area contributed by atoms with E-state index in [0.717, 1.165) is 6.07 Å². The summed E-state index contributed by atoms with van der Waals surface area (Å²) in [5, 5.41) is 29.5. The Hall–Kier alpha value is -4.13. The zero-order chi connectivity index (χ0) is 20.0. The lowest BCUT2D eigenvalue weighted by molar-refractivity contribution is -0.255. The minimum atomic E-state index is -1.46. The van der Waals surface area contributed by atoms with Crippen molar-refractivity contribution in [3.8, 4) is 22.5 Å². The van der Waals surface area contributed by atoms with E-state index in [-0.39, 0.29) is 16.5 Å². The van der Waals surface area contributed by atoms with Gasteiger partial charge in [0.05, 0.1) is 16.9 Å². The summed E-state index contributed by atoms with van der Waals surface area (Å²) in [5.74, 6) is -2.34. The van der Waals surface area contributed by atoms with Gasteiger partial charge >= 0.3 is 5.97 Å². The molecule has 0 fully saturated rings. The van der Waals surface area contributed by atoms with Crippen molar-refractivity contribution in [2.75, 3.05) is 5.73 Å². The highest BCUT2D eigenvalue weighted by Crippen LogP contribution is 2.41. The first-order valence-electron chi connectivity index (χ1n) is 8.25. The van der Waals surface area contributed by atoms with Crippen LogP contribution in [0.5, 0.6) is 0 Å². The van der Waals surface area contributed by atoms with Gasteiger partial charge < -0.3 is 30.6 Å². The van der Waals surface area contributed by atoms with E-state index < -0.39 is 11.9 Å². The zero-order valence-corrected chi connectivity index (χ0v) is 14.4. The van der Waals surface area contributed by atoms with Crippen molar-refractivity contribution in [2.45, 2.75) is 0 Å². The summed E-state index contributed by atoms with van der Waals surface area (Å²) >= 11 is 0. The normalized spacial score (nSPS) is 11.0. The summed E-state index contributed by atoms with van der Waals surface area (Å²) in [6.45, 7) is 0. The topological polar surface area (TPSA) is 140 Å². The number of nitrogens with two attached hydrogens (primary N) is 1. The van der Waals surface area contributed by atoms with Crippen LogP contribution in [0.15, 0.2) is 59.0 Å². The van der Waals surface area contributed by atoms with Gasteiger partial charge in [-0.1, -0.05) is 12.1 Å². The van der Waals surface area contributed by atoms with Crippen molar-refractivity contribution < 1.29 is 24.2 Å². The second-order valence-corrected chi connectivity index (χ2v) is 6.30. The number of carbonyl (C=O) groups excluding carboxylic acids is 1. The number of carboxylic acids is 2. The van der Waals surface area contributed by atoms with Crippen molar-refractivity contribution in [3.63, 3.8) is 0 Å². The lowest BCUT2D eigenvalue weighted by Gasteiger charge is -2.17. The highest BCUT2D eigenvalue weighted by atomic mass is 16.4. The molecule has 7 heteroatoms. The van der Waals surface area contributed by atoms with Gasteiger partial charge in [0.1, 0.15) is 11.3 Å². The van der Waals surface area contributed by atoms with Gasteiger partial charge in [-0.15, -0.1) is 0 Å². The number of carbonyl (C=O) groups is 2. The summed E-state index contributed by atoms with van der Waals surface area (Å²) in [6, 6.07) is 13.6. The van der Waals surface area contributed by atoms with E-state index in [4.69, 9.17) is 15.6 Å². The van der Waals surface area contributed by atoms with Crippen LogP contribution in [0.25, 0.3) is 33.4 Å². The van der Waals surface area contributed by atoms with Crippen molar-refractivity contribution >= 4 is 28.6 Å². The molecule has 1 aliphatic heterocycles. The molecule has 4 N–H and O–H groups in total. The van der Waals surface area contributed by atoms with Crippen LogP contribution >= 0.6 is 0 Å². The van der Waals surface area contributed by atoms with Crippen LogP contribution in [0.2, 0.25) is 0 Å². The average molecular weight is 373 g/mol. The highest BCUT2D eigenvalue weighted by molar-refractivity contribution is 6.08. The van der Waals surface area contributed by atoms with Gasteiger partial charge in [-0.25, -0.2) is 4.79 Å². The van der Waals surface area contributed by atoms with Gasteiger partial charge in [-0.2, -0.15) is 0 Å². The van der Waals surface area contributed by atoms with Crippen LogP contribution in [0.4, 0.5) is 5.69 Å². The number of anilines is 1. The molecule has 138 valence electrons. The molecular formula is C21H13N2O5-. The number of benzene rings is 3. The van der Waals surface area contributed by atoms with E-state index >= 15 is 0 Å². The lowest BCUT2D eigenvalue weighted by Crippen LogP contribution is -2.22. The smallest absolute Gasteiger partial charge is 0.336 e. The quantitative estimate of drug-likeness (QED) is 0.372. The number of nitrogen functional groups attached to an aromatic ring is 1. The maximum absolute atomic E-state index is 11.9. The number of rotatable bonds is 3. The molecule has 1 aliphatic carbocycles. The van der Waals surface area contributed by atoms with Crippen LogP contribution in [0.1, 0.15) is 20.7 Å². The average Bonchev–Trinajstić information content (AvgIpc) is 2.65. The summed E-state index contributed by atoms with van der Waals surface area (Å²) in [5.41, 5.74) is 7.81. The van der Waals surface area contributed by atoms with Crippen molar-refractivity contribution in [3.05, 3.63) is 71.1 Å². The molecule has 0 aromatic heterocycles. The highest BCUT2D eigenvalue weighted by Gasteiger charge is 2.21. The van der Waals surface area contributed by atoms with E-state index in [0.29, 0.717) is 39.1 Å². The monoisotopic (exact) mass is 373 g/mol. The standard InChI is InChI=1S/C21H14N2O5/c22-11-2-5-14-17(8-11)28-18-9-12(23)3-6-15(18)19(14)13-4-1-10(20(24)25)7-16(13)21(26)27/h1-9,22H,23H2,(H,24,25)(H,26,27)/p-1. The fraction of sp³-hybridized carbons (Fsp3) is 0. The molecule has 0 amide bonds. The molecule has 0 spiro atoms. The fourth-order valence-electron chi connectivity index (χ4n) is 3.26. The van der Waals surface area contributed by atoms with Gasteiger partial charge in [0, 0.05) is 34.3 Å². The third kappa shape index (κ3) is 2.75. The van der Waals surface area contributed by atoms with Crippen LogP contribution in [-0.2, 0) is 0 Å². The Kier molecular flexibility index (Phi) is 3.85. The van der Waals surface area contributed by atoms with E-state index in [1.54, 1.807) is 30.3 Å². The van der Waals surface area contributed by atoms with Crippen LogP contribution in [0.3, 0.4) is 0 Å². The van der Waals surface area contributed by atoms with Gasteiger partial charge in [-0.05, 0) is 41.5 Å². The summed E-state index contributed by atoms with van der Waals surface area (Å²) in [6.07, 6.45) is 0. The van der Waals surface area contributed by atoms with Crippen molar-refractivity contribution in [1.82, 2.24) is 0 Å². The Morgan fingerprint density at radius 3 is 2.46 bits per heavy atom. The predicted molar refractivity (Wildman–Crippen MR) is 99.8 cm³/mol. The molecular weight excluding hydrogens is 360 g/mol. The minimum absolute atomic E-state index is 0.178. The Bertz CT molecular complexity index is 1310. The number of hydrogen-bond donors (Lipinski definition) is 3. The Labute approximate surface area is 158 Å².